The highest BCUT2D eigenvalue weighted by atomic mass is 32.2. The summed E-state index contributed by atoms with van der Waals surface area (Å²) in [5.74, 6) is 0.883. The predicted molar refractivity (Wildman–Crippen MR) is 60.0 cm³/mol. The van der Waals surface area contributed by atoms with Crippen molar-refractivity contribution in [2.24, 2.45) is 0 Å². The SMILES string of the molecule is [CH2]CSc1cccc2ccccc12. The molecule has 0 aromatic heterocycles. The third kappa shape index (κ3) is 1.70. The highest BCUT2D eigenvalue weighted by molar-refractivity contribution is 7.99. The van der Waals surface area contributed by atoms with Crippen LogP contribution in [0, 0.1) is 6.92 Å². The van der Waals surface area contributed by atoms with E-state index in [0.717, 1.165) is 5.75 Å². The fraction of sp³-hybridized carbons (Fsp3) is 0.0833. The van der Waals surface area contributed by atoms with E-state index in [1.165, 1.54) is 15.7 Å². The van der Waals surface area contributed by atoms with Gasteiger partial charge in [-0.2, -0.15) is 0 Å². The second-order valence-corrected chi connectivity index (χ2v) is 3.96. The smallest absolute Gasteiger partial charge is 0.0150 e. The summed E-state index contributed by atoms with van der Waals surface area (Å²) in [6, 6.07) is 14.8. The Labute approximate surface area is 83.0 Å². The number of benzene rings is 2. The number of hydrogen-bond donors (Lipinski definition) is 0. The third-order valence-corrected chi connectivity index (χ3v) is 2.88. The first-order valence-corrected chi connectivity index (χ1v) is 5.30. The van der Waals surface area contributed by atoms with Crippen LogP contribution < -0.4 is 0 Å². The first-order valence-electron chi connectivity index (χ1n) is 4.31. The lowest BCUT2D eigenvalue weighted by atomic mass is 10.1. The minimum atomic E-state index is 0.883. The van der Waals surface area contributed by atoms with Crippen molar-refractivity contribution in [3.8, 4) is 0 Å². The van der Waals surface area contributed by atoms with E-state index in [2.05, 4.69) is 49.4 Å². The molecule has 1 radical (unpaired) electrons. The van der Waals surface area contributed by atoms with Gasteiger partial charge in [-0.3, -0.25) is 0 Å². The zero-order chi connectivity index (χ0) is 9.10. The van der Waals surface area contributed by atoms with Crippen molar-refractivity contribution in [2.75, 3.05) is 5.75 Å². The van der Waals surface area contributed by atoms with Crippen LogP contribution >= 0.6 is 11.8 Å². The zero-order valence-electron chi connectivity index (χ0n) is 7.36. The number of rotatable bonds is 2. The molecule has 0 aliphatic heterocycles. The average molecular weight is 187 g/mol. The van der Waals surface area contributed by atoms with Crippen LogP contribution in [0.2, 0.25) is 0 Å². The van der Waals surface area contributed by atoms with Crippen LogP contribution in [0.4, 0.5) is 0 Å². The highest BCUT2D eigenvalue weighted by Crippen LogP contribution is 2.26. The van der Waals surface area contributed by atoms with Crippen molar-refractivity contribution in [1.82, 2.24) is 0 Å². The monoisotopic (exact) mass is 187 g/mol. The molecule has 1 heteroatoms. The third-order valence-electron chi connectivity index (χ3n) is 2.01. The Morgan fingerprint density at radius 3 is 2.62 bits per heavy atom. The van der Waals surface area contributed by atoms with Gasteiger partial charge in [-0.25, -0.2) is 0 Å². The number of fused-ring (bicyclic) bond motifs is 1. The van der Waals surface area contributed by atoms with E-state index in [1.807, 2.05) is 0 Å². The van der Waals surface area contributed by atoms with Crippen molar-refractivity contribution in [3.63, 3.8) is 0 Å². The van der Waals surface area contributed by atoms with Gasteiger partial charge in [-0.15, -0.1) is 11.8 Å². The molecule has 2 aromatic rings. The molecule has 0 spiro atoms. The molecule has 2 rings (SSSR count). The Hall–Kier alpha value is -0.950. The molecule has 0 aliphatic carbocycles. The molecule has 0 nitrogen and oxygen atoms in total. The van der Waals surface area contributed by atoms with Gasteiger partial charge in [0.25, 0.3) is 0 Å². The van der Waals surface area contributed by atoms with E-state index < -0.39 is 0 Å². The summed E-state index contributed by atoms with van der Waals surface area (Å²) < 4.78 is 0. The molecule has 0 saturated carbocycles. The normalized spacial score (nSPS) is 10.5. The van der Waals surface area contributed by atoms with Crippen LogP contribution in [-0.2, 0) is 0 Å². The van der Waals surface area contributed by atoms with Gasteiger partial charge >= 0.3 is 0 Å². The molecular weight excluding hydrogens is 176 g/mol. The molecule has 0 bridgehead atoms. The summed E-state index contributed by atoms with van der Waals surface area (Å²) >= 11 is 1.79. The standard InChI is InChI=1S/C12H11S/c1-2-13-12-9-5-7-10-6-3-4-8-11(10)12/h3-9H,1-2H2. The van der Waals surface area contributed by atoms with Crippen LogP contribution in [-0.4, -0.2) is 5.75 Å². The topological polar surface area (TPSA) is 0 Å². The number of thioether (sulfide) groups is 1. The molecule has 65 valence electrons. The predicted octanol–water partition coefficient (Wildman–Crippen LogP) is 3.77. The molecular formula is C12H11S. The second kappa shape index (κ2) is 3.84. The molecule has 0 atom stereocenters. The van der Waals surface area contributed by atoms with Gasteiger partial charge in [-0.1, -0.05) is 36.4 Å². The molecule has 0 unspecified atom stereocenters. The number of hydrogen-bond acceptors (Lipinski definition) is 1. The average Bonchev–Trinajstić information content (AvgIpc) is 2.19. The maximum Gasteiger partial charge on any atom is 0.0150 e. The molecule has 0 amide bonds. The van der Waals surface area contributed by atoms with E-state index in [9.17, 15) is 0 Å². The molecule has 0 N–H and O–H groups in total. The fourth-order valence-corrected chi connectivity index (χ4v) is 2.17. The van der Waals surface area contributed by atoms with Crippen molar-refractivity contribution >= 4 is 22.5 Å². The van der Waals surface area contributed by atoms with Crippen LogP contribution in [0.1, 0.15) is 0 Å². The van der Waals surface area contributed by atoms with Crippen LogP contribution in [0.25, 0.3) is 10.8 Å². The van der Waals surface area contributed by atoms with Crippen LogP contribution in [0.3, 0.4) is 0 Å². The summed E-state index contributed by atoms with van der Waals surface area (Å²) in [4.78, 5) is 1.33. The quantitative estimate of drug-likeness (QED) is 0.645. The second-order valence-electron chi connectivity index (χ2n) is 2.83. The van der Waals surface area contributed by atoms with Gasteiger partial charge in [0, 0.05) is 4.90 Å². The van der Waals surface area contributed by atoms with E-state index in [0.29, 0.717) is 0 Å². The van der Waals surface area contributed by atoms with Gasteiger partial charge in [0.1, 0.15) is 0 Å². The minimum Gasteiger partial charge on any atom is -0.126 e. The first-order chi connectivity index (χ1) is 6.42. The van der Waals surface area contributed by atoms with Crippen molar-refractivity contribution in [2.45, 2.75) is 4.90 Å². The summed E-state index contributed by atoms with van der Waals surface area (Å²) in [6.45, 7) is 3.85. The van der Waals surface area contributed by atoms with Gasteiger partial charge in [0.15, 0.2) is 0 Å². The van der Waals surface area contributed by atoms with E-state index >= 15 is 0 Å². The van der Waals surface area contributed by atoms with Gasteiger partial charge in [0.05, 0.1) is 0 Å². The Bertz CT molecular complexity index is 401. The van der Waals surface area contributed by atoms with E-state index in [4.69, 9.17) is 0 Å². The summed E-state index contributed by atoms with van der Waals surface area (Å²) in [7, 11) is 0. The minimum absolute atomic E-state index is 0.883. The van der Waals surface area contributed by atoms with Crippen LogP contribution in [0.5, 0.6) is 0 Å². The van der Waals surface area contributed by atoms with E-state index in [-0.39, 0.29) is 0 Å². The van der Waals surface area contributed by atoms with Gasteiger partial charge < -0.3 is 0 Å². The molecule has 0 saturated heterocycles. The Morgan fingerprint density at radius 2 is 1.77 bits per heavy atom. The maximum atomic E-state index is 3.85. The molecule has 0 fully saturated rings. The summed E-state index contributed by atoms with van der Waals surface area (Å²) in [6.07, 6.45) is 0. The first kappa shape index (κ1) is 8.64. The molecule has 2 aromatic carbocycles. The Kier molecular flexibility index (Phi) is 2.55. The molecule has 0 aliphatic rings. The maximum absolute atomic E-state index is 3.85. The Morgan fingerprint density at radius 1 is 1.00 bits per heavy atom. The van der Waals surface area contributed by atoms with Crippen molar-refractivity contribution < 1.29 is 0 Å². The van der Waals surface area contributed by atoms with E-state index in [1.54, 1.807) is 11.8 Å². The highest BCUT2D eigenvalue weighted by Gasteiger charge is 1.97. The summed E-state index contributed by atoms with van der Waals surface area (Å²) in [5, 5.41) is 2.64. The molecule has 0 heterocycles. The summed E-state index contributed by atoms with van der Waals surface area (Å²) in [5.41, 5.74) is 0. The lowest BCUT2D eigenvalue weighted by Gasteiger charge is -2.03. The fourth-order valence-electron chi connectivity index (χ4n) is 1.43. The van der Waals surface area contributed by atoms with Crippen LogP contribution in [0.15, 0.2) is 47.4 Å². The van der Waals surface area contributed by atoms with Gasteiger partial charge in [0.2, 0.25) is 0 Å². The van der Waals surface area contributed by atoms with Gasteiger partial charge in [-0.05, 0) is 29.5 Å². The lowest BCUT2D eigenvalue weighted by Crippen LogP contribution is -1.77. The Balaban J connectivity index is 2.61. The lowest BCUT2D eigenvalue weighted by molar-refractivity contribution is 1.54. The molecule has 13 heavy (non-hydrogen) atoms. The largest absolute Gasteiger partial charge is 0.126 e. The van der Waals surface area contributed by atoms with Crippen molar-refractivity contribution in [3.05, 3.63) is 49.4 Å². The zero-order valence-corrected chi connectivity index (χ0v) is 8.18. The van der Waals surface area contributed by atoms with Crippen molar-refractivity contribution in [1.29, 1.82) is 0 Å².